The van der Waals surface area contributed by atoms with Crippen LogP contribution in [0.25, 0.3) is 0 Å². The van der Waals surface area contributed by atoms with E-state index in [4.69, 9.17) is 10.5 Å². The number of rotatable bonds is 4. The Morgan fingerprint density at radius 1 is 1.63 bits per heavy atom. The maximum absolute atomic E-state index is 11.6. The fourth-order valence-corrected chi connectivity index (χ4v) is 3.12. The molecule has 4 N–H and O–H groups in total. The van der Waals surface area contributed by atoms with Crippen molar-refractivity contribution in [2.24, 2.45) is 5.92 Å². The second-order valence-electron chi connectivity index (χ2n) is 4.83. The van der Waals surface area contributed by atoms with Crippen LogP contribution in [0.4, 0.5) is 10.8 Å². The lowest BCUT2D eigenvalue weighted by atomic mass is 9.87. The fraction of sp³-hybridized carbons (Fsp3) is 0.667. The predicted molar refractivity (Wildman–Crippen MR) is 74.3 cm³/mol. The molecule has 6 nitrogen and oxygen atoms in total. The van der Waals surface area contributed by atoms with E-state index in [9.17, 15) is 9.90 Å². The van der Waals surface area contributed by atoms with Crippen molar-refractivity contribution in [3.8, 4) is 0 Å². The van der Waals surface area contributed by atoms with Crippen LogP contribution in [0.3, 0.4) is 0 Å². The van der Waals surface area contributed by atoms with Gasteiger partial charge in [-0.05, 0) is 36.7 Å². The normalized spacial score (nSPS) is 23.1. The summed E-state index contributed by atoms with van der Waals surface area (Å²) in [5.41, 5.74) is 5.98. The van der Waals surface area contributed by atoms with Crippen molar-refractivity contribution in [2.45, 2.75) is 31.8 Å². The van der Waals surface area contributed by atoms with E-state index >= 15 is 0 Å². The molecule has 1 heterocycles. The first kappa shape index (κ1) is 14.1. The minimum Gasteiger partial charge on any atom is -0.465 e. The Kier molecular flexibility index (Phi) is 4.60. The first-order chi connectivity index (χ1) is 9.11. The molecule has 1 aromatic heterocycles. The number of aliphatic hydroxyl groups excluding tert-OH is 1. The third-order valence-electron chi connectivity index (χ3n) is 3.41. The Morgan fingerprint density at radius 3 is 3.11 bits per heavy atom. The molecule has 0 radical (unpaired) electrons. The highest BCUT2D eigenvalue weighted by atomic mass is 32.1. The van der Waals surface area contributed by atoms with Crippen molar-refractivity contribution in [3.63, 3.8) is 0 Å². The first-order valence-corrected chi connectivity index (χ1v) is 7.14. The Labute approximate surface area is 116 Å². The van der Waals surface area contributed by atoms with Gasteiger partial charge in [0.1, 0.15) is 10.6 Å². The van der Waals surface area contributed by atoms with Gasteiger partial charge in [0.05, 0.1) is 13.2 Å². The molecule has 0 saturated heterocycles. The zero-order valence-electron chi connectivity index (χ0n) is 10.9. The monoisotopic (exact) mass is 285 g/mol. The summed E-state index contributed by atoms with van der Waals surface area (Å²) >= 11 is 1.16. The highest BCUT2D eigenvalue weighted by Crippen LogP contribution is 2.29. The number of nitrogens with zero attached hydrogens (tertiary/aromatic N) is 1. The average Bonchev–Trinajstić information content (AvgIpc) is 2.77. The molecule has 1 aliphatic rings. The number of carbonyl (C=O) groups excluding carboxylic acids is 1. The van der Waals surface area contributed by atoms with Gasteiger partial charge in [0.15, 0.2) is 5.82 Å². The van der Waals surface area contributed by atoms with Gasteiger partial charge in [-0.15, -0.1) is 0 Å². The van der Waals surface area contributed by atoms with Gasteiger partial charge in [-0.1, -0.05) is 6.42 Å². The molecule has 0 aromatic carbocycles. The predicted octanol–water partition coefficient (Wildman–Crippen LogP) is 1.47. The molecule has 2 unspecified atom stereocenters. The second-order valence-corrected chi connectivity index (χ2v) is 5.60. The number of anilines is 2. The number of nitrogens with one attached hydrogen (secondary N) is 1. The first-order valence-electron chi connectivity index (χ1n) is 6.37. The summed E-state index contributed by atoms with van der Waals surface area (Å²) in [6.07, 6.45) is 3.62. The van der Waals surface area contributed by atoms with Gasteiger partial charge in [0.2, 0.25) is 0 Å². The minimum atomic E-state index is -0.475. The SMILES string of the molecule is COC(=O)c1c(N)nsc1NCC1CCCC(O)C1. The maximum Gasteiger partial charge on any atom is 0.344 e. The summed E-state index contributed by atoms with van der Waals surface area (Å²) in [6.45, 7) is 0.711. The quantitative estimate of drug-likeness (QED) is 0.725. The number of esters is 1. The van der Waals surface area contributed by atoms with Gasteiger partial charge in [0, 0.05) is 6.54 Å². The third-order valence-corrected chi connectivity index (χ3v) is 4.23. The number of aliphatic hydroxyl groups is 1. The lowest BCUT2D eigenvalue weighted by molar-refractivity contribution is 0.0603. The highest BCUT2D eigenvalue weighted by Gasteiger charge is 2.23. The van der Waals surface area contributed by atoms with Crippen LogP contribution in [-0.2, 0) is 4.74 Å². The summed E-state index contributed by atoms with van der Waals surface area (Å²) < 4.78 is 8.66. The highest BCUT2D eigenvalue weighted by molar-refractivity contribution is 7.11. The lowest BCUT2D eigenvalue weighted by Gasteiger charge is -2.26. The van der Waals surface area contributed by atoms with E-state index in [2.05, 4.69) is 9.69 Å². The number of nitrogens with two attached hydrogens (primary N) is 1. The smallest absolute Gasteiger partial charge is 0.344 e. The molecule has 19 heavy (non-hydrogen) atoms. The molecule has 0 amide bonds. The standard InChI is InChI=1S/C12H19N3O3S/c1-18-12(17)9-10(13)15-19-11(9)14-6-7-3-2-4-8(16)5-7/h7-8,14,16H,2-6H2,1H3,(H2,13,15). The van der Waals surface area contributed by atoms with Gasteiger partial charge < -0.3 is 20.9 Å². The van der Waals surface area contributed by atoms with Crippen molar-refractivity contribution in [1.82, 2.24) is 4.37 Å². The molecule has 0 bridgehead atoms. The average molecular weight is 285 g/mol. The van der Waals surface area contributed by atoms with E-state index < -0.39 is 5.97 Å². The van der Waals surface area contributed by atoms with Crippen molar-refractivity contribution in [3.05, 3.63) is 5.56 Å². The molecule has 0 spiro atoms. The molecule has 1 saturated carbocycles. The summed E-state index contributed by atoms with van der Waals surface area (Å²) in [5.74, 6) is 0.137. The van der Waals surface area contributed by atoms with Crippen LogP contribution in [0.2, 0.25) is 0 Å². The molecule has 0 aliphatic heterocycles. The molecule has 1 aromatic rings. The third kappa shape index (κ3) is 3.36. The summed E-state index contributed by atoms with van der Waals surface area (Å²) in [6, 6.07) is 0. The fourth-order valence-electron chi connectivity index (χ4n) is 2.41. The van der Waals surface area contributed by atoms with Gasteiger partial charge in [-0.2, -0.15) is 4.37 Å². The van der Waals surface area contributed by atoms with E-state index in [0.717, 1.165) is 37.2 Å². The number of hydrogen-bond acceptors (Lipinski definition) is 7. The van der Waals surface area contributed by atoms with Crippen LogP contribution in [0.15, 0.2) is 0 Å². The van der Waals surface area contributed by atoms with Gasteiger partial charge in [-0.25, -0.2) is 4.79 Å². The summed E-state index contributed by atoms with van der Waals surface area (Å²) in [4.78, 5) is 11.6. The zero-order chi connectivity index (χ0) is 13.8. The van der Waals surface area contributed by atoms with Crippen molar-refractivity contribution in [2.75, 3.05) is 24.7 Å². The van der Waals surface area contributed by atoms with Crippen LogP contribution in [0, 0.1) is 5.92 Å². The largest absolute Gasteiger partial charge is 0.465 e. The number of methoxy groups -OCH3 is 1. The van der Waals surface area contributed by atoms with E-state index in [1.54, 1.807) is 0 Å². The van der Waals surface area contributed by atoms with E-state index in [-0.39, 0.29) is 11.9 Å². The van der Waals surface area contributed by atoms with Crippen LogP contribution >= 0.6 is 11.5 Å². The molecule has 1 fully saturated rings. The Bertz CT molecular complexity index is 449. The number of ether oxygens (including phenoxy) is 1. The molecular weight excluding hydrogens is 266 g/mol. The van der Waals surface area contributed by atoms with Crippen LogP contribution in [0.5, 0.6) is 0 Å². The molecule has 2 rings (SSSR count). The zero-order valence-corrected chi connectivity index (χ0v) is 11.7. The molecular formula is C12H19N3O3S. The van der Waals surface area contributed by atoms with Gasteiger partial charge in [-0.3, -0.25) is 0 Å². The number of nitrogen functional groups attached to an aromatic ring is 1. The summed E-state index contributed by atoms with van der Waals surface area (Å²) in [7, 11) is 1.32. The molecule has 2 atom stereocenters. The van der Waals surface area contributed by atoms with E-state index in [1.165, 1.54) is 7.11 Å². The van der Waals surface area contributed by atoms with E-state index in [0.29, 0.717) is 23.0 Å². The van der Waals surface area contributed by atoms with Gasteiger partial charge >= 0.3 is 5.97 Å². The molecule has 1 aliphatic carbocycles. The number of carbonyl (C=O) groups is 1. The van der Waals surface area contributed by atoms with Gasteiger partial charge in [0.25, 0.3) is 0 Å². The second kappa shape index (κ2) is 6.21. The Balaban J connectivity index is 1.97. The molecule has 106 valence electrons. The molecule has 7 heteroatoms. The lowest BCUT2D eigenvalue weighted by Crippen LogP contribution is -2.25. The summed E-state index contributed by atoms with van der Waals surface area (Å²) in [5, 5.41) is 13.5. The van der Waals surface area contributed by atoms with Crippen molar-refractivity contribution in [1.29, 1.82) is 0 Å². The van der Waals surface area contributed by atoms with Crippen LogP contribution < -0.4 is 11.1 Å². The Hall–Kier alpha value is -1.34. The minimum absolute atomic E-state index is 0.197. The number of aromatic nitrogens is 1. The van der Waals surface area contributed by atoms with Crippen molar-refractivity contribution >= 4 is 28.3 Å². The van der Waals surface area contributed by atoms with E-state index in [1.807, 2.05) is 0 Å². The topological polar surface area (TPSA) is 97.5 Å². The maximum atomic E-state index is 11.6. The Morgan fingerprint density at radius 2 is 2.42 bits per heavy atom. The number of hydrogen-bond donors (Lipinski definition) is 3. The van der Waals surface area contributed by atoms with Crippen molar-refractivity contribution < 1.29 is 14.6 Å². The van der Waals surface area contributed by atoms with Crippen LogP contribution in [0.1, 0.15) is 36.0 Å². The van der Waals surface area contributed by atoms with Crippen LogP contribution in [-0.4, -0.2) is 35.2 Å².